The third kappa shape index (κ3) is 2.87. The van der Waals surface area contributed by atoms with Gasteiger partial charge in [-0.05, 0) is 25.0 Å². The van der Waals surface area contributed by atoms with Crippen LogP contribution in [0.3, 0.4) is 0 Å². The van der Waals surface area contributed by atoms with Crippen molar-refractivity contribution in [2.24, 2.45) is 0 Å². The lowest BCUT2D eigenvalue weighted by atomic mass is 10.1. The lowest BCUT2D eigenvalue weighted by Gasteiger charge is -2.30. The van der Waals surface area contributed by atoms with Crippen LogP contribution in [0.15, 0.2) is 30.3 Å². The van der Waals surface area contributed by atoms with Crippen LogP contribution in [-0.4, -0.2) is 37.3 Å². The number of rotatable bonds is 4. The number of nitrogens with zero attached hydrogens (tertiary/aromatic N) is 2. The average molecular weight is 283 g/mol. The highest BCUT2D eigenvalue weighted by Crippen LogP contribution is 2.28. The topological polar surface area (TPSA) is 37.4 Å². The molecule has 2 aromatic rings. The number of aromatic nitrogens is 1. The second-order valence-electron chi connectivity index (χ2n) is 5.90. The smallest absolute Gasteiger partial charge is 0.0726 e. The summed E-state index contributed by atoms with van der Waals surface area (Å²) < 4.78 is 5.48. The molecule has 1 N–H and O–H groups in total. The highest BCUT2D eigenvalue weighted by atomic mass is 16.5. The lowest BCUT2D eigenvalue weighted by Crippen LogP contribution is -2.36. The Kier molecular flexibility index (Phi) is 3.49. The monoisotopic (exact) mass is 283 g/mol. The molecule has 0 atom stereocenters. The van der Waals surface area contributed by atoms with Crippen LogP contribution in [0.1, 0.15) is 18.5 Å². The van der Waals surface area contributed by atoms with Crippen molar-refractivity contribution in [3.8, 4) is 0 Å². The molecule has 2 heterocycles. The molecule has 4 heteroatoms. The minimum atomic E-state index is 0.713. The summed E-state index contributed by atoms with van der Waals surface area (Å²) in [7, 11) is 0. The van der Waals surface area contributed by atoms with Crippen molar-refractivity contribution in [2.75, 3.05) is 31.2 Å². The number of para-hydroxylation sites is 1. The maximum atomic E-state index is 5.48. The average Bonchev–Trinajstić information content (AvgIpc) is 3.37. The molecule has 0 spiro atoms. The first-order chi connectivity index (χ1) is 10.4. The van der Waals surface area contributed by atoms with Gasteiger partial charge in [0.25, 0.3) is 0 Å². The van der Waals surface area contributed by atoms with E-state index in [2.05, 4.69) is 40.5 Å². The summed E-state index contributed by atoms with van der Waals surface area (Å²) in [6.07, 6.45) is 2.62. The minimum Gasteiger partial charge on any atom is -0.378 e. The van der Waals surface area contributed by atoms with Gasteiger partial charge in [-0.3, -0.25) is 4.98 Å². The Morgan fingerprint density at radius 1 is 1.19 bits per heavy atom. The van der Waals surface area contributed by atoms with Gasteiger partial charge in [0.05, 0.1) is 24.4 Å². The summed E-state index contributed by atoms with van der Waals surface area (Å²) in [6, 6.07) is 11.4. The molecule has 2 fully saturated rings. The number of anilines is 1. The SMILES string of the molecule is c1ccc2c(N3CCOCC3)cc(CNC3CC3)nc2c1. The van der Waals surface area contributed by atoms with Crippen molar-refractivity contribution in [1.82, 2.24) is 10.3 Å². The van der Waals surface area contributed by atoms with E-state index in [0.717, 1.165) is 44.1 Å². The highest BCUT2D eigenvalue weighted by Gasteiger charge is 2.21. The van der Waals surface area contributed by atoms with Crippen molar-refractivity contribution < 1.29 is 4.74 Å². The van der Waals surface area contributed by atoms with Gasteiger partial charge in [-0.25, -0.2) is 0 Å². The second kappa shape index (κ2) is 5.62. The van der Waals surface area contributed by atoms with Crippen molar-refractivity contribution >= 4 is 16.6 Å². The fraction of sp³-hybridized carbons (Fsp3) is 0.471. The molecular formula is C17H21N3O. The van der Waals surface area contributed by atoms with Gasteiger partial charge in [-0.2, -0.15) is 0 Å². The molecule has 21 heavy (non-hydrogen) atoms. The lowest BCUT2D eigenvalue weighted by molar-refractivity contribution is 0.123. The van der Waals surface area contributed by atoms with Crippen LogP contribution in [-0.2, 0) is 11.3 Å². The van der Waals surface area contributed by atoms with Crippen molar-refractivity contribution in [1.29, 1.82) is 0 Å². The molecule has 1 aromatic carbocycles. The molecule has 0 radical (unpaired) electrons. The van der Waals surface area contributed by atoms with Gasteiger partial charge in [0.2, 0.25) is 0 Å². The predicted octanol–water partition coefficient (Wildman–Crippen LogP) is 2.32. The Morgan fingerprint density at radius 3 is 2.81 bits per heavy atom. The molecule has 4 rings (SSSR count). The van der Waals surface area contributed by atoms with Crippen molar-refractivity contribution in [3.05, 3.63) is 36.0 Å². The Labute approximate surface area is 125 Å². The van der Waals surface area contributed by atoms with Crippen LogP contribution >= 0.6 is 0 Å². The molecule has 0 unspecified atom stereocenters. The summed E-state index contributed by atoms with van der Waals surface area (Å²) in [5.41, 5.74) is 3.53. The van der Waals surface area contributed by atoms with E-state index in [9.17, 15) is 0 Å². The number of hydrogen-bond donors (Lipinski definition) is 1. The second-order valence-corrected chi connectivity index (χ2v) is 5.90. The van der Waals surface area contributed by atoms with Gasteiger partial charge in [-0.15, -0.1) is 0 Å². The summed E-state index contributed by atoms with van der Waals surface area (Å²) in [5.74, 6) is 0. The van der Waals surface area contributed by atoms with Crippen LogP contribution in [0.5, 0.6) is 0 Å². The molecule has 1 aliphatic heterocycles. The zero-order valence-electron chi connectivity index (χ0n) is 12.2. The van der Waals surface area contributed by atoms with Crippen LogP contribution in [0.4, 0.5) is 5.69 Å². The summed E-state index contributed by atoms with van der Waals surface area (Å²) >= 11 is 0. The molecule has 1 saturated heterocycles. The van der Waals surface area contributed by atoms with E-state index in [4.69, 9.17) is 9.72 Å². The number of ether oxygens (including phenoxy) is 1. The molecule has 4 nitrogen and oxygen atoms in total. The van der Waals surface area contributed by atoms with Gasteiger partial charge >= 0.3 is 0 Å². The molecule has 110 valence electrons. The zero-order valence-corrected chi connectivity index (χ0v) is 12.2. The van der Waals surface area contributed by atoms with Gasteiger partial charge in [0.1, 0.15) is 0 Å². The fourth-order valence-electron chi connectivity index (χ4n) is 2.90. The van der Waals surface area contributed by atoms with Crippen molar-refractivity contribution in [3.63, 3.8) is 0 Å². The standard InChI is InChI=1S/C17H21N3O/c1-2-4-16-15(3-1)17(20-7-9-21-10-8-20)11-14(19-16)12-18-13-5-6-13/h1-4,11,13,18H,5-10,12H2. The first kappa shape index (κ1) is 13.0. The van der Waals surface area contributed by atoms with E-state index < -0.39 is 0 Å². The summed E-state index contributed by atoms with van der Waals surface area (Å²) in [5, 5.41) is 4.81. The maximum absolute atomic E-state index is 5.48. The van der Waals surface area contributed by atoms with Crippen LogP contribution in [0.2, 0.25) is 0 Å². The van der Waals surface area contributed by atoms with Gasteiger partial charge in [-0.1, -0.05) is 18.2 Å². The van der Waals surface area contributed by atoms with E-state index in [0.29, 0.717) is 6.04 Å². The third-order valence-electron chi connectivity index (χ3n) is 4.25. The van der Waals surface area contributed by atoms with Crippen LogP contribution in [0, 0.1) is 0 Å². The number of morpholine rings is 1. The van der Waals surface area contributed by atoms with E-state index in [1.165, 1.54) is 23.9 Å². The van der Waals surface area contributed by atoms with E-state index in [1.807, 2.05) is 0 Å². The Morgan fingerprint density at radius 2 is 2.00 bits per heavy atom. The fourth-order valence-corrected chi connectivity index (χ4v) is 2.90. The number of benzene rings is 1. The Hall–Kier alpha value is -1.65. The van der Waals surface area contributed by atoms with E-state index in [1.54, 1.807) is 0 Å². The van der Waals surface area contributed by atoms with Crippen LogP contribution in [0.25, 0.3) is 10.9 Å². The minimum absolute atomic E-state index is 0.713. The Balaban J connectivity index is 1.70. The molecular weight excluding hydrogens is 262 g/mol. The van der Waals surface area contributed by atoms with Crippen molar-refractivity contribution in [2.45, 2.75) is 25.4 Å². The Bertz CT molecular complexity index is 633. The molecule has 2 aliphatic rings. The van der Waals surface area contributed by atoms with Gasteiger partial charge in [0.15, 0.2) is 0 Å². The predicted molar refractivity (Wildman–Crippen MR) is 84.6 cm³/mol. The molecule has 1 aromatic heterocycles. The van der Waals surface area contributed by atoms with Gasteiger partial charge < -0.3 is 15.0 Å². The number of pyridine rings is 1. The van der Waals surface area contributed by atoms with E-state index in [-0.39, 0.29) is 0 Å². The molecule has 0 amide bonds. The maximum Gasteiger partial charge on any atom is 0.0726 e. The zero-order chi connectivity index (χ0) is 14.1. The van der Waals surface area contributed by atoms with Crippen LogP contribution < -0.4 is 10.2 Å². The quantitative estimate of drug-likeness (QED) is 0.934. The third-order valence-corrected chi connectivity index (χ3v) is 4.25. The van der Waals surface area contributed by atoms with E-state index >= 15 is 0 Å². The molecule has 1 saturated carbocycles. The summed E-state index contributed by atoms with van der Waals surface area (Å²) in [4.78, 5) is 7.23. The highest BCUT2D eigenvalue weighted by molar-refractivity contribution is 5.92. The van der Waals surface area contributed by atoms with Gasteiger partial charge in [0, 0.05) is 36.7 Å². The normalized spacial score (nSPS) is 19.1. The largest absolute Gasteiger partial charge is 0.378 e. The number of fused-ring (bicyclic) bond motifs is 1. The number of nitrogens with one attached hydrogen (secondary N) is 1. The first-order valence-electron chi connectivity index (χ1n) is 7.85. The number of hydrogen-bond acceptors (Lipinski definition) is 4. The summed E-state index contributed by atoms with van der Waals surface area (Å²) in [6.45, 7) is 4.42. The molecule has 0 bridgehead atoms. The molecule has 1 aliphatic carbocycles. The first-order valence-corrected chi connectivity index (χ1v) is 7.85.